The number of halogens is 3. The third-order valence-corrected chi connectivity index (χ3v) is 4.55. The molecule has 2 aromatic rings. The Morgan fingerprint density at radius 2 is 1.81 bits per heavy atom. The van der Waals surface area contributed by atoms with Gasteiger partial charge in [-0.3, -0.25) is 4.99 Å². The average molecular weight is 363 g/mol. The molecule has 26 heavy (non-hydrogen) atoms. The molecule has 0 aromatic heterocycles. The highest BCUT2D eigenvalue weighted by Crippen LogP contribution is 2.47. The zero-order valence-electron chi connectivity index (χ0n) is 14.1. The van der Waals surface area contributed by atoms with E-state index < -0.39 is 24.0 Å². The molecular weight excluding hydrogens is 347 g/mol. The minimum absolute atomic E-state index is 0.0277. The molecule has 0 saturated heterocycles. The van der Waals surface area contributed by atoms with Crippen LogP contribution in [0.25, 0.3) is 0 Å². The van der Waals surface area contributed by atoms with Crippen LogP contribution in [0, 0.1) is 0 Å². The number of hydrogen-bond acceptors (Lipinski definition) is 4. The summed E-state index contributed by atoms with van der Waals surface area (Å²) < 4.78 is 52.1. The summed E-state index contributed by atoms with van der Waals surface area (Å²) in [7, 11) is 2.63. The lowest BCUT2D eigenvalue weighted by atomic mass is 9.73. The number of ether oxygens (including phenoxy) is 2. The first kappa shape index (κ1) is 18.0. The molecule has 136 valence electrons. The van der Waals surface area contributed by atoms with E-state index in [1.54, 1.807) is 12.1 Å². The van der Waals surface area contributed by atoms with Crippen LogP contribution in [0.5, 0.6) is 5.75 Å². The van der Waals surface area contributed by atoms with Gasteiger partial charge in [0.1, 0.15) is 11.2 Å². The van der Waals surface area contributed by atoms with Gasteiger partial charge in [0.2, 0.25) is 0 Å². The van der Waals surface area contributed by atoms with Gasteiger partial charge in [0.15, 0.2) is 0 Å². The lowest BCUT2D eigenvalue weighted by molar-refractivity contribution is -0.168. The van der Waals surface area contributed by atoms with E-state index in [4.69, 9.17) is 9.47 Å². The highest BCUT2D eigenvalue weighted by molar-refractivity contribution is 5.94. The van der Waals surface area contributed by atoms with E-state index in [0.717, 1.165) is 6.21 Å². The lowest BCUT2D eigenvalue weighted by Crippen LogP contribution is -2.47. The Balaban J connectivity index is 2.17. The first-order chi connectivity index (χ1) is 12.3. The number of aliphatic imine (C=N–C) groups is 1. The maximum absolute atomic E-state index is 14.1. The fraction of sp³-hybridized carbons (Fsp3) is 0.263. The van der Waals surface area contributed by atoms with Gasteiger partial charge in [-0.2, -0.15) is 13.2 Å². The van der Waals surface area contributed by atoms with Crippen LogP contribution in [0.1, 0.15) is 21.5 Å². The number of alkyl halides is 3. The van der Waals surface area contributed by atoms with Gasteiger partial charge >= 0.3 is 12.1 Å². The van der Waals surface area contributed by atoms with E-state index in [1.807, 2.05) is 0 Å². The Morgan fingerprint density at radius 3 is 2.38 bits per heavy atom. The highest BCUT2D eigenvalue weighted by atomic mass is 19.4. The fourth-order valence-corrected chi connectivity index (χ4v) is 3.09. The van der Waals surface area contributed by atoms with Gasteiger partial charge in [-0.1, -0.05) is 18.2 Å². The van der Waals surface area contributed by atoms with Crippen molar-refractivity contribution in [2.75, 3.05) is 14.2 Å². The second kappa shape index (κ2) is 6.48. The van der Waals surface area contributed by atoms with Crippen molar-refractivity contribution in [2.24, 2.45) is 4.99 Å². The highest BCUT2D eigenvalue weighted by Gasteiger charge is 2.56. The van der Waals surface area contributed by atoms with Crippen molar-refractivity contribution in [3.8, 4) is 5.75 Å². The summed E-state index contributed by atoms with van der Waals surface area (Å²) in [5.41, 5.74) is -1.67. The molecule has 4 nitrogen and oxygen atoms in total. The van der Waals surface area contributed by atoms with Crippen LogP contribution in [0.2, 0.25) is 0 Å². The smallest absolute Gasteiger partial charge is 0.403 e. The average Bonchev–Trinajstić information content (AvgIpc) is 2.65. The molecule has 1 aliphatic rings. The molecular formula is C19H16F3NO3. The number of benzene rings is 2. The second-order valence-electron chi connectivity index (χ2n) is 5.93. The summed E-state index contributed by atoms with van der Waals surface area (Å²) in [5, 5.41) is 0. The van der Waals surface area contributed by atoms with Gasteiger partial charge in [0, 0.05) is 6.21 Å². The van der Waals surface area contributed by atoms with Gasteiger partial charge in [0.25, 0.3) is 0 Å². The summed E-state index contributed by atoms with van der Waals surface area (Å²) in [6.07, 6.45) is -4.13. The normalized spacial score (nSPS) is 19.0. The van der Waals surface area contributed by atoms with Crippen LogP contribution in [0.15, 0.2) is 47.5 Å². The topological polar surface area (TPSA) is 47.9 Å². The Morgan fingerprint density at radius 1 is 1.12 bits per heavy atom. The van der Waals surface area contributed by atoms with E-state index in [-0.39, 0.29) is 16.7 Å². The number of carbonyl (C=O) groups excluding carboxylic acids is 1. The Labute approximate surface area is 148 Å². The fourth-order valence-electron chi connectivity index (χ4n) is 3.09. The minimum atomic E-state index is -4.61. The molecule has 1 atom stereocenters. The Bertz CT molecular complexity index is 859. The summed E-state index contributed by atoms with van der Waals surface area (Å²) in [6, 6.07) is 10.3. The standard InChI is InChI=1S/C19H16F3NO3/c1-25-13-8-6-12(7-9-13)18(19(20,21)22)10-15-14(17(24)26-2)4-3-5-16(15)23-11-18/h3-9,11H,10H2,1-2H3/t18-/m0/s1. The first-order valence-electron chi connectivity index (χ1n) is 7.79. The van der Waals surface area contributed by atoms with E-state index >= 15 is 0 Å². The Kier molecular flexibility index (Phi) is 4.48. The monoisotopic (exact) mass is 363 g/mol. The molecule has 0 fully saturated rings. The van der Waals surface area contributed by atoms with Crippen molar-refractivity contribution in [1.82, 2.24) is 0 Å². The van der Waals surface area contributed by atoms with E-state index in [0.29, 0.717) is 11.4 Å². The van der Waals surface area contributed by atoms with Gasteiger partial charge in [0.05, 0.1) is 25.5 Å². The molecule has 0 amide bonds. The number of esters is 1. The summed E-state index contributed by atoms with van der Waals surface area (Å²) in [5.74, 6) is -0.237. The number of carbonyl (C=O) groups is 1. The Hall–Kier alpha value is -2.83. The van der Waals surface area contributed by atoms with Crippen LogP contribution in [0.4, 0.5) is 18.9 Å². The van der Waals surface area contributed by atoms with Gasteiger partial charge < -0.3 is 9.47 Å². The van der Waals surface area contributed by atoms with Crippen molar-refractivity contribution in [2.45, 2.75) is 18.0 Å². The van der Waals surface area contributed by atoms with Gasteiger partial charge in [-0.15, -0.1) is 0 Å². The number of methoxy groups -OCH3 is 2. The van der Waals surface area contributed by atoms with Crippen LogP contribution in [0.3, 0.4) is 0 Å². The van der Waals surface area contributed by atoms with Crippen LogP contribution in [-0.2, 0) is 16.6 Å². The third-order valence-electron chi connectivity index (χ3n) is 4.55. The van der Waals surface area contributed by atoms with E-state index in [2.05, 4.69) is 4.99 Å². The molecule has 3 rings (SSSR count). The van der Waals surface area contributed by atoms with Crippen molar-refractivity contribution < 1.29 is 27.4 Å². The molecule has 0 saturated carbocycles. The number of rotatable bonds is 3. The number of fused-ring (bicyclic) bond motifs is 1. The van der Waals surface area contributed by atoms with Crippen LogP contribution < -0.4 is 4.74 Å². The van der Waals surface area contributed by atoms with Crippen LogP contribution >= 0.6 is 0 Å². The number of nitrogens with zero attached hydrogens (tertiary/aromatic N) is 1. The number of hydrogen-bond donors (Lipinski definition) is 0. The van der Waals surface area contributed by atoms with E-state index in [9.17, 15) is 18.0 Å². The van der Waals surface area contributed by atoms with Crippen molar-refractivity contribution >= 4 is 17.9 Å². The van der Waals surface area contributed by atoms with E-state index in [1.165, 1.54) is 44.6 Å². The van der Waals surface area contributed by atoms with Crippen molar-refractivity contribution in [3.63, 3.8) is 0 Å². The predicted octanol–water partition coefficient (Wildman–Crippen LogP) is 4.24. The zero-order valence-corrected chi connectivity index (χ0v) is 14.1. The lowest BCUT2D eigenvalue weighted by Gasteiger charge is -2.36. The minimum Gasteiger partial charge on any atom is -0.497 e. The molecule has 0 aliphatic carbocycles. The molecule has 0 N–H and O–H groups in total. The predicted molar refractivity (Wildman–Crippen MR) is 90.4 cm³/mol. The maximum atomic E-state index is 14.1. The molecule has 2 aromatic carbocycles. The van der Waals surface area contributed by atoms with Crippen molar-refractivity contribution in [1.29, 1.82) is 0 Å². The molecule has 1 heterocycles. The molecule has 0 bridgehead atoms. The molecule has 1 aliphatic heterocycles. The largest absolute Gasteiger partial charge is 0.497 e. The summed E-state index contributed by atoms with van der Waals surface area (Å²) >= 11 is 0. The SMILES string of the molecule is COC(=O)c1cccc2c1C[C@](c1ccc(OC)cc1)(C(F)(F)F)C=N2. The first-order valence-corrected chi connectivity index (χ1v) is 7.79. The second-order valence-corrected chi connectivity index (χ2v) is 5.93. The van der Waals surface area contributed by atoms with Gasteiger partial charge in [-0.25, -0.2) is 4.79 Å². The maximum Gasteiger partial charge on any atom is 0.403 e. The molecule has 0 spiro atoms. The summed E-state index contributed by atoms with van der Waals surface area (Å²) in [4.78, 5) is 16.0. The van der Waals surface area contributed by atoms with Gasteiger partial charge in [-0.05, 0) is 41.8 Å². The zero-order chi connectivity index (χ0) is 18.9. The molecule has 7 heteroatoms. The summed E-state index contributed by atoms with van der Waals surface area (Å²) in [6.45, 7) is 0. The molecule has 0 unspecified atom stereocenters. The van der Waals surface area contributed by atoms with Crippen molar-refractivity contribution in [3.05, 3.63) is 59.2 Å². The quantitative estimate of drug-likeness (QED) is 0.767. The van der Waals surface area contributed by atoms with Crippen LogP contribution in [-0.4, -0.2) is 32.6 Å². The third kappa shape index (κ3) is 2.83. The molecule has 0 radical (unpaired) electrons.